The van der Waals surface area contributed by atoms with Gasteiger partial charge in [-0.15, -0.1) is 0 Å². The highest BCUT2D eigenvalue weighted by atomic mass is 16.5. The zero-order valence-corrected chi connectivity index (χ0v) is 19.8. The molecule has 0 saturated heterocycles. The second-order valence-corrected chi connectivity index (χ2v) is 8.11. The summed E-state index contributed by atoms with van der Waals surface area (Å²) in [6.45, 7) is 17.8. The summed E-state index contributed by atoms with van der Waals surface area (Å²) in [5, 5.41) is 0. The highest BCUT2D eigenvalue weighted by molar-refractivity contribution is 5.55. The molecule has 0 heterocycles. The molecule has 0 spiro atoms. The van der Waals surface area contributed by atoms with E-state index < -0.39 is 0 Å². The van der Waals surface area contributed by atoms with E-state index in [1.165, 1.54) is 5.56 Å². The molecule has 2 rings (SSSR count). The van der Waals surface area contributed by atoms with Crippen molar-refractivity contribution in [2.24, 2.45) is 0 Å². The van der Waals surface area contributed by atoms with Gasteiger partial charge >= 0.3 is 0 Å². The van der Waals surface area contributed by atoms with Crippen LogP contribution >= 0.6 is 0 Å². The van der Waals surface area contributed by atoms with E-state index in [-0.39, 0.29) is 5.41 Å². The zero-order chi connectivity index (χ0) is 22.7. The Bertz CT molecular complexity index is 779. The van der Waals surface area contributed by atoms with Gasteiger partial charge in [0.15, 0.2) is 0 Å². The molecular weight excluding hydrogens is 388 g/mol. The van der Waals surface area contributed by atoms with Crippen LogP contribution in [0.1, 0.15) is 63.3 Å². The summed E-state index contributed by atoms with van der Waals surface area (Å²) < 4.78 is 23.4. The Balaban J connectivity index is 2.04. The van der Waals surface area contributed by atoms with E-state index in [0.29, 0.717) is 39.6 Å². The van der Waals surface area contributed by atoms with Gasteiger partial charge in [-0.3, -0.25) is 0 Å². The molecule has 0 amide bonds. The van der Waals surface area contributed by atoms with Crippen LogP contribution in [0.5, 0.6) is 11.5 Å². The monoisotopic (exact) mass is 426 g/mol. The summed E-state index contributed by atoms with van der Waals surface area (Å²) in [5.74, 6) is 1.67. The van der Waals surface area contributed by atoms with Crippen LogP contribution in [-0.4, -0.2) is 26.4 Å². The Morgan fingerprint density at radius 1 is 0.839 bits per heavy atom. The van der Waals surface area contributed by atoms with Gasteiger partial charge in [-0.1, -0.05) is 45.6 Å². The quantitative estimate of drug-likeness (QED) is 0.321. The first-order valence-corrected chi connectivity index (χ1v) is 11.2. The smallest absolute Gasteiger partial charge is 0.130 e. The molecule has 31 heavy (non-hydrogen) atoms. The topological polar surface area (TPSA) is 36.9 Å². The van der Waals surface area contributed by atoms with Gasteiger partial charge in [0.25, 0.3) is 0 Å². The number of hydrogen-bond acceptors (Lipinski definition) is 4. The number of benzene rings is 2. The summed E-state index contributed by atoms with van der Waals surface area (Å²) in [4.78, 5) is 0. The molecule has 170 valence electrons. The summed E-state index contributed by atoms with van der Waals surface area (Å²) in [6.07, 6.45) is 2.93. The van der Waals surface area contributed by atoms with Gasteiger partial charge in [0.2, 0.25) is 0 Å². The summed E-state index contributed by atoms with van der Waals surface area (Å²) in [6, 6.07) is 12.5. The molecule has 0 radical (unpaired) electrons. The van der Waals surface area contributed by atoms with Gasteiger partial charge in [-0.2, -0.15) is 0 Å². The maximum absolute atomic E-state index is 6.16. The molecule has 0 aliphatic rings. The third-order valence-electron chi connectivity index (χ3n) is 5.54. The molecule has 0 N–H and O–H groups in total. The highest BCUT2D eigenvalue weighted by Gasteiger charge is 2.17. The largest absolute Gasteiger partial charge is 0.490 e. The molecule has 0 aliphatic carbocycles. The van der Waals surface area contributed by atoms with Crippen molar-refractivity contribution in [1.82, 2.24) is 0 Å². The molecule has 0 saturated carbocycles. The molecule has 0 aliphatic heterocycles. The zero-order valence-electron chi connectivity index (χ0n) is 19.8. The Kier molecular flexibility index (Phi) is 10.1. The Morgan fingerprint density at radius 2 is 1.39 bits per heavy atom. The minimum Gasteiger partial charge on any atom is -0.490 e. The fraction of sp³-hybridized carbons (Fsp3) is 0.481. The normalized spacial score (nSPS) is 11.4. The average molecular weight is 427 g/mol. The predicted molar refractivity (Wildman–Crippen MR) is 128 cm³/mol. The second-order valence-electron chi connectivity index (χ2n) is 8.11. The van der Waals surface area contributed by atoms with Crippen LogP contribution in [0, 0.1) is 0 Å². The number of rotatable bonds is 14. The van der Waals surface area contributed by atoms with Crippen molar-refractivity contribution in [2.75, 3.05) is 26.4 Å². The average Bonchev–Trinajstić information content (AvgIpc) is 2.79. The Morgan fingerprint density at radius 3 is 1.87 bits per heavy atom. The first-order valence-electron chi connectivity index (χ1n) is 11.2. The molecule has 0 aromatic heterocycles. The van der Waals surface area contributed by atoms with Crippen LogP contribution in [0.25, 0.3) is 6.08 Å². The second kappa shape index (κ2) is 12.5. The standard InChI is InChI=1S/C27H38O4/c1-7-21-17-22(19-28-9-3)26(23(18-21)20-29-10-4)31-16-15-30-25-13-11-24(12-14-25)27(5,6)8-2/h7,11-14,17-18H,1,8-10,15-16,19-20H2,2-6H3. The van der Waals surface area contributed by atoms with Crippen molar-refractivity contribution in [1.29, 1.82) is 0 Å². The van der Waals surface area contributed by atoms with Crippen molar-refractivity contribution in [3.63, 3.8) is 0 Å². The molecule has 0 unspecified atom stereocenters. The highest BCUT2D eigenvalue weighted by Crippen LogP contribution is 2.30. The van der Waals surface area contributed by atoms with E-state index in [4.69, 9.17) is 18.9 Å². The van der Waals surface area contributed by atoms with Crippen LogP contribution in [0.4, 0.5) is 0 Å². The maximum atomic E-state index is 6.16. The lowest BCUT2D eigenvalue weighted by atomic mass is 9.82. The molecule has 0 fully saturated rings. The summed E-state index contributed by atoms with van der Waals surface area (Å²) in [7, 11) is 0. The minimum atomic E-state index is 0.174. The first-order chi connectivity index (χ1) is 14.9. The molecule has 0 atom stereocenters. The summed E-state index contributed by atoms with van der Waals surface area (Å²) in [5.41, 5.74) is 4.53. The van der Waals surface area contributed by atoms with Crippen LogP contribution in [0.2, 0.25) is 0 Å². The fourth-order valence-electron chi connectivity index (χ4n) is 3.23. The third kappa shape index (κ3) is 7.41. The van der Waals surface area contributed by atoms with Crippen LogP contribution in [0.3, 0.4) is 0 Å². The molecular formula is C27H38O4. The summed E-state index contributed by atoms with van der Waals surface area (Å²) >= 11 is 0. The van der Waals surface area contributed by atoms with Crippen molar-refractivity contribution in [2.45, 2.75) is 59.7 Å². The fourth-order valence-corrected chi connectivity index (χ4v) is 3.23. The van der Waals surface area contributed by atoms with E-state index in [1.54, 1.807) is 0 Å². The Labute approximate surface area is 188 Å². The molecule has 2 aromatic rings. The first kappa shape index (κ1) is 25.0. The van der Waals surface area contributed by atoms with Crippen molar-refractivity contribution in [3.05, 3.63) is 65.2 Å². The van der Waals surface area contributed by atoms with Crippen LogP contribution < -0.4 is 9.47 Å². The lowest BCUT2D eigenvalue weighted by Gasteiger charge is -2.23. The van der Waals surface area contributed by atoms with Gasteiger partial charge in [-0.25, -0.2) is 0 Å². The van der Waals surface area contributed by atoms with Crippen molar-refractivity contribution in [3.8, 4) is 11.5 Å². The molecule has 4 heteroatoms. The van der Waals surface area contributed by atoms with E-state index in [0.717, 1.165) is 34.6 Å². The number of ether oxygens (including phenoxy) is 4. The lowest BCUT2D eigenvalue weighted by Crippen LogP contribution is -2.15. The van der Waals surface area contributed by atoms with Gasteiger partial charge in [0.05, 0.1) is 13.2 Å². The lowest BCUT2D eigenvalue weighted by molar-refractivity contribution is 0.122. The van der Waals surface area contributed by atoms with Crippen LogP contribution in [-0.2, 0) is 28.1 Å². The molecule has 4 nitrogen and oxygen atoms in total. The van der Waals surface area contributed by atoms with E-state index in [1.807, 2.05) is 32.1 Å². The third-order valence-corrected chi connectivity index (χ3v) is 5.54. The predicted octanol–water partition coefficient (Wildman–Crippen LogP) is 6.55. The Hall–Kier alpha value is -2.30. The molecule has 0 bridgehead atoms. The van der Waals surface area contributed by atoms with Crippen molar-refractivity contribution < 1.29 is 18.9 Å². The van der Waals surface area contributed by atoms with E-state index in [2.05, 4.69) is 51.6 Å². The SMILES string of the molecule is C=Cc1cc(COCC)c(OCCOc2ccc(C(C)(C)CC)cc2)c(COCC)c1. The van der Waals surface area contributed by atoms with E-state index in [9.17, 15) is 0 Å². The van der Waals surface area contributed by atoms with Gasteiger partial charge in [0.1, 0.15) is 24.7 Å². The van der Waals surface area contributed by atoms with Crippen molar-refractivity contribution >= 4 is 6.08 Å². The van der Waals surface area contributed by atoms with Gasteiger partial charge in [-0.05, 0) is 61.1 Å². The molecule has 2 aromatic carbocycles. The van der Waals surface area contributed by atoms with E-state index >= 15 is 0 Å². The minimum absolute atomic E-state index is 0.174. The maximum Gasteiger partial charge on any atom is 0.130 e. The van der Waals surface area contributed by atoms with Gasteiger partial charge in [0, 0.05) is 24.3 Å². The number of hydrogen-bond donors (Lipinski definition) is 0. The van der Waals surface area contributed by atoms with Gasteiger partial charge < -0.3 is 18.9 Å². The van der Waals surface area contributed by atoms with Crippen LogP contribution in [0.15, 0.2) is 43.0 Å².